The van der Waals surface area contributed by atoms with Gasteiger partial charge < -0.3 is 9.84 Å². The van der Waals surface area contributed by atoms with Crippen LogP contribution in [-0.2, 0) is 10.3 Å². The molecule has 0 spiro atoms. The van der Waals surface area contributed by atoms with Gasteiger partial charge in [0, 0.05) is 7.11 Å². The quantitative estimate of drug-likeness (QED) is 0.863. The predicted octanol–water partition coefficient (Wildman–Crippen LogP) is 3.17. The minimum Gasteiger partial charge on any atom is -0.388 e. The van der Waals surface area contributed by atoms with E-state index in [-0.39, 0.29) is 5.60 Å². The van der Waals surface area contributed by atoms with Crippen LogP contribution in [0.15, 0.2) is 0 Å². The average Bonchev–Trinajstić information content (AvgIpc) is 2.64. The van der Waals surface area contributed by atoms with Crippen molar-refractivity contribution in [2.45, 2.75) is 52.2 Å². The molecule has 0 aliphatic rings. The Balaban J connectivity index is 3.16. The summed E-state index contributed by atoms with van der Waals surface area (Å²) in [4.78, 5) is 5.49. The van der Waals surface area contributed by atoms with E-state index < -0.39 is 6.10 Å². The number of nitrogens with zero attached hydrogens (tertiary/aromatic N) is 1. The van der Waals surface area contributed by atoms with Crippen molar-refractivity contribution < 1.29 is 9.84 Å². The standard InChI is InChI=1S/C12H21NO2S/c1-6-12(7-2,15-5)11-13-8(3)10(16-11)9(4)14/h9,14H,6-7H2,1-5H3. The van der Waals surface area contributed by atoms with Gasteiger partial charge in [-0.25, -0.2) is 4.98 Å². The smallest absolute Gasteiger partial charge is 0.125 e. The van der Waals surface area contributed by atoms with Gasteiger partial charge in [-0.2, -0.15) is 0 Å². The second-order valence-electron chi connectivity index (χ2n) is 4.05. The van der Waals surface area contributed by atoms with Crippen LogP contribution >= 0.6 is 11.3 Å². The lowest BCUT2D eigenvalue weighted by molar-refractivity contribution is -0.0219. The minimum atomic E-state index is -0.450. The maximum Gasteiger partial charge on any atom is 0.125 e. The topological polar surface area (TPSA) is 42.4 Å². The molecular formula is C12H21NO2S. The number of thiazole rings is 1. The zero-order valence-electron chi connectivity index (χ0n) is 10.7. The first-order valence-electron chi connectivity index (χ1n) is 5.71. The predicted molar refractivity (Wildman–Crippen MR) is 66.8 cm³/mol. The van der Waals surface area contributed by atoms with Gasteiger partial charge in [-0.15, -0.1) is 11.3 Å². The molecule has 0 aromatic carbocycles. The van der Waals surface area contributed by atoms with Crippen molar-refractivity contribution in [1.29, 1.82) is 0 Å². The zero-order valence-corrected chi connectivity index (χ0v) is 11.5. The van der Waals surface area contributed by atoms with Crippen molar-refractivity contribution in [3.05, 3.63) is 15.6 Å². The molecule has 1 unspecified atom stereocenters. The number of hydrogen-bond donors (Lipinski definition) is 1. The van der Waals surface area contributed by atoms with Crippen LogP contribution in [0, 0.1) is 6.92 Å². The zero-order chi connectivity index (χ0) is 12.3. The van der Waals surface area contributed by atoms with E-state index >= 15 is 0 Å². The Labute approximate surface area is 101 Å². The molecule has 1 aromatic heterocycles. The summed E-state index contributed by atoms with van der Waals surface area (Å²) in [5.41, 5.74) is 0.626. The summed E-state index contributed by atoms with van der Waals surface area (Å²) in [5.74, 6) is 0. The largest absolute Gasteiger partial charge is 0.388 e. The van der Waals surface area contributed by atoms with Crippen LogP contribution in [-0.4, -0.2) is 17.2 Å². The van der Waals surface area contributed by atoms with Crippen molar-refractivity contribution in [3.63, 3.8) is 0 Å². The van der Waals surface area contributed by atoms with E-state index in [1.165, 1.54) is 0 Å². The average molecular weight is 243 g/mol. The molecule has 0 aliphatic carbocycles. The maximum absolute atomic E-state index is 9.63. The second-order valence-corrected chi connectivity index (χ2v) is 5.08. The first-order valence-corrected chi connectivity index (χ1v) is 6.53. The molecule has 3 nitrogen and oxygen atoms in total. The third-order valence-corrected chi connectivity index (χ3v) is 4.65. The van der Waals surface area contributed by atoms with Crippen molar-refractivity contribution in [2.75, 3.05) is 7.11 Å². The van der Waals surface area contributed by atoms with E-state index in [1.807, 2.05) is 6.92 Å². The normalized spacial score (nSPS) is 14.1. The Morgan fingerprint density at radius 1 is 1.44 bits per heavy atom. The van der Waals surface area contributed by atoms with Gasteiger partial charge in [0.1, 0.15) is 10.6 Å². The van der Waals surface area contributed by atoms with Crippen LogP contribution in [0.3, 0.4) is 0 Å². The number of ether oxygens (including phenoxy) is 1. The summed E-state index contributed by atoms with van der Waals surface area (Å²) in [5, 5.41) is 10.6. The highest BCUT2D eigenvalue weighted by Crippen LogP contribution is 2.37. The van der Waals surface area contributed by atoms with Gasteiger partial charge in [-0.1, -0.05) is 13.8 Å². The van der Waals surface area contributed by atoms with Crippen molar-refractivity contribution in [3.8, 4) is 0 Å². The molecule has 0 radical (unpaired) electrons. The molecule has 1 heterocycles. The monoisotopic (exact) mass is 243 g/mol. The molecule has 0 amide bonds. The van der Waals surface area contributed by atoms with E-state index in [2.05, 4.69) is 18.8 Å². The van der Waals surface area contributed by atoms with Gasteiger partial charge in [0.2, 0.25) is 0 Å². The molecule has 1 N–H and O–H groups in total. The fourth-order valence-corrected chi connectivity index (χ4v) is 3.23. The molecule has 0 aliphatic heterocycles. The van der Waals surface area contributed by atoms with Crippen molar-refractivity contribution in [1.82, 2.24) is 4.98 Å². The number of aliphatic hydroxyl groups is 1. The lowest BCUT2D eigenvalue weighted by Crippen LogP contribution is -2.26. The number of aromatic nitrogens is 1. The highest BCUT2D eigenvalue weighted by Gasteiger charge is 2.32. The molecule has 1 aromatic rings. The molecule has 16 heavy (non-hydrogen) atoms. The van der Waals surface area contributed by atoms with Gasteiger partial charge in [-0.3, -0.25) is 0 Å². The summed E-state index contributed by atoms with van der Waals surface area (Å²) >= 11 is 1.56. The first kappa shape index (κ1) is 13.6. The van der Waals surface area contributed by atoms with Crippen molar-refractivity contribution in [2.24, 2.45) is 0 Å². The van der Waals surface area contributed by atoms with E-state index in [1.54, 1.807) is 25.4 Å². The third kappa shape index (κ3) is 2.29. The number of aliphatic hydroxyl groups excluding tert-OH is 1. The Bertz CT molecular complexity index is 335. The fourth-order valence-electron chi connectivity index (χ4n) is 1.92. The van der Waals surface area contributed by atoms with Crippen LogP contribution in [0.1, 0.15) is 55.3 Å². The van der Waals surface area contributed by atoms with E-state index in [0.717, 1.165) is 28.4 Å². The van der Waals surface area contributed by atoms with Crippen LogP contribution in [0.5, 0.6) is 0 Å². The van der Waals surface area contributed by atoms with Gasteiger partial charge in [0.25, 0.3) is 0 Å². The Morgan fingerprint density at radius 2 is 2.00 bits per heavy atom. The Hall–Kier alpha value is -0.450. The van der Waals surface area contributed by atoms with Crippen LogP contribution in [0.2, 0.25) is 0 Å². The summed E-state index contributed by atoms with van der Waals surface area (Å²) in [6, 6.07) is 0. The maximum atomic E-state index is 9.63. The van der Waals surface area contributed by atoms with E-state index in [9.17, 15) is 5.11 Å². The summed E-state index contributed by atoms with van der Waals surface area (Å²) in [6.45, 7) is 7.92. The molecule has 1 rings (SSSR count). The summed E-state index contributed by atoms with van der Waals surface area (Å²) in [6.07, 6.45) is 1.34. The van der Waals surface area contributed by atoms with Gasteiger partial charge in [-0.05, 0) is 26.7 Å². The number of rotatable bonds is 5. The minimum absolute atomic E-state index is 0.289. The lowest BCUT2D eigenvalue weighted by Gasteiger charge is -2.27. The number of aryl methyl sites for hydroxylation is 1. The molecule has 1 atom stereocenters. The van der Waals surface area contributed by atoms with Crippen LogP contribution < -0.4 is 0 Å². The van der Waals surface area contributed by atoms with Gasteiger partial charge in [0.05, 0.1) is 16.7 Å². The highest BCUT2D eigenvalue weighted by molar-refractivity contribution is 7.12. The fraction of sp³-hybridized carbons (Fsp3) is 0.750. The first-order chi connectivity index (χ1) is 7.50. The van der Waals surface area contributed by atoms with Crippen LogP contribution in [0.4, 0.5) is 0 Å². The van der Waals surface area contributed by atoms with Gasteiger partial charge in [0.15, 0.2) is 0 Å². The van der Waals surface area contributed by atoms with Crippen LogP contribution in [0.25, 0.3) is 0 Å². The van der Waals surface area contributed by atoms with E-state index in [4.69, 9.17) is 4.74 Å². The molecule has 0 fully saturated rings. The summed E-state index contributed by atoms with van der Waals surface area (Å²) in [7, 11) is 1.73. The van der Waals surface area contributed by atoms with E-state index in [0.29, 0.717) is 0 Å². The molecule has 92 valence electrons. The van der Waals surface area contributed by atoms with Crippen molar-refractivity contribution >= 4 is 11.3 Å². The molecule has 4 heteroatoms. The number of hydrogen-bond acceptors (Lipinski definition) is 4. The third-order valence-electron chi connectivity index (χ3n) is 3.13. The lowest BCUT2D eigenvalue weighted by atomic mass is 9.98. The molecular weight excluding hydrogens is 222 g/mol. The highest BCUT2D eigenvalue weighted by atomic mass is 32.1. The molecule has 0 saturated heterocycles. The molecule has 0 saturated carbocycles. The number of methoxy groups -OCH3 is 1. The van der Waals surface area contributed by atoms with Gasteiger partial charge >= 0.3 is 0 Å². The Morgan fingerprint density at radius 3 is 2.31 bits per heavy atom. The second kappa shape index (κ2) is 5.25. The summed E-state index contributed by atoms with van der Waals surface area (Å²) < 4.78 is 5.64. The molecule has 0 bridgehead atoms. The Kier molecular flexibility index (Phi) is 4.47. The SMILES string of the molecule is CCC(CC)(OC)c1nc(C)c(C(C)O)s1.